The Morgan fingerprint density at radius 1 is 1.00 bits per heavy atom. The first-order valence-corrected chi connectivity index (χ1v) is 8.45. The summed E-state index contributed by atoms with van der Waals surface area (Å²) in [4.78, 5) is 13.5. The fraction of sp³-hybridized carbons (Fsp3) is 0.200. The van der Waals surface area contributed by atoms with Crippen molar-refractivity contribution >= 4 is 11.4 Å². The fourth-order valence-corrected chi connectivity index (χ4v) is 2.70. The average Bonchev–Trinajstić information content (AvgIpc) is 2.60. The molecule has 7 heteroatoms. The molecule has 0 unspecified atom stereocenters. The minimum Gasteiger partial charge on any atom is -1.00 e. The molecular formula is C20H24ClN5O+2. The number of aryl methyl sites for hydroxylation is 1. The highest BCUT2D eigenvalue weighted by molar-refractivity contribution is 5.48. The molecule has 0 aliphatic rings. The van der Waals surface area contributed by atoms with Crippen molar-refractivity contribution in [3.8, 4) is 5.69 Å². The predicted molar refractivity (Wildman–Crippen MR) is 101 cm³/mol. The Morgan fingerprint density at radius 2 is 1.70 bits per heavy atom. The Morgan fingerprint density at radius 3 is 2.37 bits per heavy atom. The summed E-state index contributed by atoms with van der Waals surface area (Å²) in [5, 5.41) is 7.48. The Labute approximate surface area is 165 Å². The molecule has 6 nitrogen and oxygen atoms in total. The zero-order valence-corrected chi connectivity index (χ0v) is 16.7. The van der Waals surface area contributed by atoms with E-state index in [1.54, 1.807) is 6.07 Å². The van der Waals surface area contributed by atoms with Crippen LogP contribution in [-0.4, -0.2) is 25.8 Å². The third-order valence-corrected chi connectivity index (χ3v) is 4.04. The summed E-state index contributed by atoms with van der Waals surface area (Å²) in [5.74, 6) is 0. The molecular weight excluding hydrogens is 362 g/mol. The summed E-state index contributed by atoms with van der Waals surface area (Å²) in [6, 6.07) is 19.5. The zero-order valence-electron chi connectivity index (χ0n) is 15.9. The number of benzene rings is 2. The number of rotatable bonds is 4. The van der Waals surface area contributed by atoms with Gasteiger partial charge in [-0.3, -0.25) is 9.28 Å². The van der Waals surface area contributed by atoms with Crippen molar-refractivity contribution in [2.75, 3.05) is 21.1 Å². The maximum Gasteiger partial charge on any atom is 0.301 e. The van der Waals surface area contributed by atoms with Crippen LogP contribution in [0, 0.1) is 6.92 Å². The smallest absolute Gasteiger partial charge is 0.301 e. The van der Waals surface area contributed by atoms with Crippen molar-refractivity contribution in [1.29, 1.82) is 0 Å². The van der Waals surface area contributed by atoms with Crippen LogP contribution in [-0.2, 0) is 0 Å². The Bertz CT molecular complexity index is 1010. The molecule has 1 N–H and O–H groups in total. The Hall–Kier alpha value is -2.83. The van der Waals surface area contributed by atoms with E-state index in [2.05, 4.69) is 37.5 Å². The van der Waals surface area contributed by atoms with E-state index in [1.165, 1.54) is 11.0 Å². The maximum absolute atomic E-state index is 12.0. The van der Waals surface area contributed by atoms with Gasteiger partial charge in [-0.1, -0.05) is 22.9 Å². The molecule has 0 saturated carbocycles. The number of nitrogens with one attached hydrogen (secondary N) is 1. The van der Waals surface area contributed by atoms with E-state index in [-0.39, 0.29) is 17.8 Å². The van der Waals surface area contributed by atoms with Gasteiger partial charge >= 0.3 is 5.22 Å². The second kappa shape index (κ2) is 8.24. The largest absolute Gasteiger partial charge is 1.00 e. The second-order valence-corrected chi connectivity index (χ2v) is 7.06. The van der Waals surface area contributed by atoms with Crippen molar-refractivity contribution < 1.29 is 22.3 Å². The van der Waals surface area contributed by atoms with Crippen molar-refractivity contribution in [2.45, 2.75) is 6.92 Å². The van der Waals surface area contributed by atoms with Gasteiger partial charge in [-0.05, 0) is 36.3 Å². The summed E-state index contributed by atoms with van der Waals surface area (Å²) >= 11 is 0. The number of halogens is 1. The van der Waals surface area contributed by atoms with E-state index in [4.69, 9.17) is 0 Å². The van der Waals surface area contributed by atoms with E-state index in [0.717, 1.165) is 22.8 Å². The predicted octanol–water partition coefficient (Wildman–Crippen LogP) is -1.74. The normalized spacial score (nSPS) is 11.4. The van der Waals surface area contributed by atoms with Gasteiger partial charge in [-0.2, -0.15) is 0 Å². The van der Waals surface area contributed by atoms with Gasteiger partial charge in [0.05, 0.1) is 37.7 Å². The molecule has 3 rings (SSSR count). The van der Waals surface area contributed by atoms with Crippen molar-refractivity contribution in [2.24, 2.45) is 5.22 Å². The molecule has 0 aliphatic heterocycles. The summed E-state index contributed by atoms with van der Waals surface area (Å²) in [6.07, 6.45) is 1.46. The molecule has 3 aromatic rings. The van der Waals surface area contributed by atoms with Crippen LogP contribution in [0.4, 0.5) is 11.4 Å². The summed E-state index contributed by atoms with van der Waals surface area (Å²) in [7, 11) is 6.33. The molecule has 0 bridgehead atoms. The molecule has 0 spiro atoms. The lowest BCUT2D eigenvalue weighted by Gasteiger charge is -2.22. The van der Waals surface area contributed by atoms with Gasteiger partial charge in [-0.25, -0.2) is 0 Å². The zero-order chi connectivity index (χ0) is 18.7. The van der Waals surface area contributed by atoms with Gasteiger partial charge in [0.2, 0.25) is 11.1 Å². The van der Waals surface area contributed by atoms with Gasteiger partial charge in [-0.15, -0.1) is 0 Å². The number of quaternary nitrogens is 1. The first kappa shape index (κ1) is 20.5. The van der Waals surface area contributed by atoms with Gasteiger partial charge in [0, 0.05) is 12.1 Å². The molecule has 1 aromatic heterocycles. The van der Waals surface area contributed by atoms with E-state index >= 15 is 0 Å². The number of aromatic nitrogens is 2. The summed E-state index contributed by atoms with van der Waals surface area (Å²) in [5.41, 5.74) is 3.64. The second-order valence-electron chi connectivity index (χ2n) is 7.06. The van der Waals surface area contributed by atoms with Gasteiger partial charge in [0.1, 0.15) is 11.4 Å². The molecule has 27 heavy (non-hydrogen) atoms. The summed E-state index contributed by atoms with van der Waals surface area (Å²) in [6.45, 7) is 1.89. The lowest BCUT2D eigenvalue weighted by atomic mass is 10.2. The molecule has 0 amide bonds. The molecule has 1 heterocycles. The topological polar surface area (TPSA) is 52.2 Å². The number of para-hydroxylation sites is 1. The summed E-state index contributed by atoms with van der Waals surface area (Å²) < 4.78 is 2.58. The van der Waals surface area contributed by atoms with E-state index in [1.807, 2.05) is 60.1 Å². The first-order chi connectivity index (χ1) is 12.3. The van der Waals surface area contributed by atoms with E-state index in [9.17, 15) is 4.79 Å². The lowest BCUT2D eigenvalue weighted by molar-refractivity contribution is -0.830. The van der Waals surface area contributed by atoms with Crippen LogP contribution in [0.1, 0.15) is 5.69 Å². The van der Waals surface area contributed by atoms with E-state index < -0.39 is 0 Å². The third-order valence-electron chi connectivity index (χ3n) is 4.04. The van der Waals surface area contributed by atoms with Crippen LogP contribution in [0.25, 0.3) is 5.69 Å². The Kier molecular flexibility index (Phi) is 6.25. The van der Waals surface area contributed by atoms with Crippen molar-refractivity contribution in [3.05, 3.63) is 82.8 Å². The standard InChI is InChI=1S/C20H23N5O.ClH/c1-16-13-20(26)15-23(24(16)18-10-6-5-7-11-18)22-21-17-9-8-12-19(14-17)25(2,3)4;/h5-15H,1-4H3;1H/q+2;. The van der Waals surface area contributed by atoms with E-state index in [0.29, 0.717) is 4.48 Å². The first-order valence-electron chi connectivity index (χ1n) is 8.45. The number of hydrogen-bond acceptors (Lipinski definition) is 2. The van der Waals surface area contributed by atoms with Crippen LogP contribution >= 0.6 is 0 Å². The molecule has 0 atom stereocenters. The third kappa shape index (κ3) is 4.87. The van der Waals surface area contributed by atoms with Crippen LogP contribution in [0.5, 0.6) is 0 Å². The van der Waals surface area contributed by atoms with Gasteiger partial charge in [0.25, 0.3) is 6.20 Å². The highest BCUT2D eigenvalue weighted by Gasteiger charge is 2.18. The van der Waals surface area contributed by atoms with Crippen molar-refractivity contribution in [1.82, 2.24) is 9.16 Å². The number of nitrogens with zero attached hydrogens (tertiary/aromatic N) is 4. The Balaban J connectivity index is 0.00000261. The van der Waals surface area contributed by atoms with Crippen LogP contribution in [0.15, 0.2) is 76.9 Å². The minimum atomic E-state index is -0.0969. The molecule has 0 aliphatic carbocycles. The van der Waals surface area contributed by atoms with Crippen molar-refractivity contribution in [3.63, 3.8) is 0 Å². The average molecular weight is 386 g/mol. The lowest BCUT2D eigenvalue weighted by Crippen LogP contribution is -3.00. The monoisotopic (exact) mass is 385 g/mol. The number of hydrogen-bond donors (Lipinski definition) is 1. The molecule has 0 radical (unpaired) electrons. The molecule has 0 fully saturated rings. The molecule has 2 aromatic carbocycles. The highest BCUT2D eigenvalue weighted by Crippen LogP contribution is 2.18. The van der Waals surface area contributed by atoms with Crippen LogP contribution in [0.2, 0.25) is 0 Å². The van der Waals surface area contributed by atoms with Crippen LogP contribution in [0.3, 0.4) is 0 Å². The van der Waals surface area contributed by atoms with Crippen LogP contribution < -0.4 is 32.2 Å². The maximum atomic E-state index is 12.0. The molecule has 140 valence electrons. The van der Waals surface area contributed by atoms with Gasteiger partial charge in [0.15, 0.2) is 0 Å². The highest BCUT2D eigenvalue weighted by atomic mass is 35.5. The SMILES string of the molecule is Cc1cc(=O)c[n+](N=[NH+]c2cccc([N+](C)(C)C)c2)n1-c1ccccc1.[Cl-]. The minimum absolute atomic E-state index is 0. The van der Waals surface area contributed by atoms with Gasteiger partial charge < -0.3 is 12.4 Å². The quantitative estimate of drug-likeness (QED) is 0.324. The molecule has 0 saturated heterocycles. The fourth-order valence-electron chi connectivity index (χ4n) is 2.70.